The van der Waals surface area contributed by atoms with E-state index in [1.807, 2.05) is 12.1 Å². The Bertz CT molecular complexity index is 782. The molecule has 4 nitrogen and oxygen atoms in total. The van der Waals surface area contributed by atoms with Gasteiger partial charge in [0.2, 0.25) is 6.79 Å². The molecule has 0 saturated carbocycles. The predicted molar refractivity (Wildman–Crippen MR) is 80.7 cm³/mol. The minimum absolute atomic E-state index is 0.202. The van der Waals surface area contributed by atoms with E-state index >= 15 is 0 Å². The highest BCUT2D eigenvalue weighted by Crippen LogP contribution is 2.39. The second-order valence-electron chi connectivity index (χ2n) is 4.79. The van der Waals surface area contributed by atoms with E-state index in [1.165, 1.54) is 6.26 Å². The minimum atomic E-state index is -3.20. The molecule has 2 aromatic carbocycles. The molecule has 1 aliphatic heterocycles. The Hall–Kier alpha value is -1.72. The monoisotopic (exact) mass is 324 g/mol. The van der Waals surface area contributed by atoms with Crippen molar-refractivity contribution in [3.05, 3.63) is 42.0 Å². The fourth-order valence-corrected chi connectivity index (χ4v) is 3.10. The van der Waals surface area contributed by atoms with Gasteiger partial charge in [-0.25, -0.2) is 8.42 Å². The number of alkyl halides is 1. The van der Waals surface area contributed by atoms with E-state index in [0.717, 1.165) is 16.7 Å². The first-order chi connectivity index (χ1) is 9.99. The Morgan fingerprint density at radius 3 is 2.29 bits per heavy atom. The fourth-order valence-electron chi connectivity index (χ4n) is 2.25. The maximum Gasteiger partial charge on any atom is 0.231 e. The second kappa shape index (κ2) is 5.24. The van der Waals surface area contributed by atoms with Gasteiger partial charge in [-0.05, 0) is 41.0 Å². The van der Waals surface area contributed by atoms with Crippen LogP contribution in [0.25, 0.3) is 11.1 Å². The van der Waals surface area contributed by atoms with Crippen molar-refractivity contribution in [2.75, 3.05) is 13.0 Å². The molecule has 0 bridgehead atoms. The standard InChI is InChI=1S/C15H13ClO4S/c1-21(17,18)12-4-2-10(3-5-12)13-7-15-14(19-9-20-15)6-11(13)8-16/h2-7H,8-9H2,1H3. The van der Waals surface area contributed by atoms with Crippen LogP contribution < -0.4 is 9.47 Å². The van der Waals surface area contributed by atoms with Gasteiger partial charge in [-0.2, -0.15) is 0 Å². The van der Waals surface area contributed by atoms with E-state index in [-0.39, 0.29) is 6.79 Å². The molecule has 0 amide bonds. The van der Waals surface area contributed by atoms with E-state index in [9.17, 15) is 8.42 Å². The van der Waals surface area contributed by atoms with Crippen LogP contribution in [0.3, 0.4) is 0 Å². The molecule has 2 aromatic rings. The lowest BCUT2D eigenvalue weighted by Crippen LogP contribution is -1.96. The quantitative estimate of drug-likeness (QED) is 0.813. The summed E-state index contributed by atoms with van der Waals surface area (Å²) in [6.07, 6.45) is 1.19. The number of sulfone groups is 1. The highest BCUT2D eigenvalue weighted by atomic mass is 35.5. The van der Waals surface area contributed by atoms with E-state index in [1.54, 1.807) is 24.3 Å². The van der Waals surface area contributed by atoms with Crippen molar-refractivity contribution in [3.63, 3.8) is 0 Å². The summed E-state index contributed by atoms with van der Waals surface area (Å²) in [5.74, 6) is 1.69. The van der Waals surface area contributed by atoms with Crippen LogP contribution >= 0.6 is 11.6 Å². The van der Waals surface area contributed by atoms with E-state index in [0.29, 0.717) is 22.3 Å². The zero-order chi connectivity index (χ0) is 15.0. The minimum Gasteiger partial charge on any atom is -0.454 e. The van der Waals surface area contributed by atoms with E-state index in [2.05, 4.69) is 0 Å². The van der Waals surface area contributed by atoms with Crippen molar-refractivity contribution < 1.29 is 17.9 Å². The van der Waals surface area contributed by atoms with Crippen molar-refractivity contribution >= 4 is 21.4 Å². The Morgan fingerprint density at radius 2 is 1.71 bits per heavy atom. The van der Waals surface area contributed by atoms with Crippen molar-refractivity contribution in [3.8, 4) is 22.6 Å². The second-order valence-corrected chi connectivity index (χ2v) is 7.08. The zero-order valence-electron chi connectivity index (χ0n) is 11.3. The third kappa shape index (κ3) is 2.71. The average molecular weight is 325 g/mol. The first-order valence-electron chi connectivity index (χ1n) is 6.28. The largest absolute Gasteiger partial charge is 0.454 e. The maximum atomic E-state index is 11.5. The molecule has 1 aliphatic rings. The summed E-state index contributed by atoms with van der Waals surface area (Å²) < 4.78 is 33.7. The number of hydrogen-bond acceptors (Lipinski definition) is 4. The van der Waals surface area contributed by atoms with Crippen LogP contribution in [0, 0.1) is 0 Å². The van der Waals surface area contributed by atoms with Crippen LogP contribution in [-0.4, -0.2) is 21.5 Å². The van der Waals surface area contributed by atoms with Crippen LogP contribution in [-0.2, 0) is 15.7 Å². The Labute approximate surface area is 128 Å². The molecule has 0 aliphatic carbocycles. The Morgan fingerprint density at radius 1 is 1.10 bits per heavy atom. The van der Waals surface area contributed by atoms with Gasteiger partial charge >= 0.3 is 0 Å². The van der Waals surface area contributed by atoms with Gasteiger partial charge < -0.3 is 9.47 Å². The molecular formula is C15H13ClO4S. The number of fused-ring (bicyclic) bond motifs is 1. The summed E-state index contributed by atoms with van der Waals surface area (Å²) in [5, 5.41) is 0. The smallest absolute Gasteiger partial charge is 0.231 e. The van der Waals surface area contributed by atoms with Crippen LogP contribution in [0.2, 0.25) is 0 Å². The van der Waals surface area contributed by atoms with Gasteiger partial charge in [0.25, 0.3) is 0 Å². The Balaban J connectivity index is 2.08. The molecular weight excluding hydrogens is 312 g/mol. The van der Waals surface area contributed by atoms with Crippen LogP contribution in [0.1, 0.15) is 5.56 Å². The van der Waals surface area contributed by atoms with Gasteiger partial charge in [0.1, 0.15) is 0 Å². The topological polar surface area (TPSA) is 52.6 Å². The lowest BCUT2D eigenvalue weighted by Gasteiger charge is -2.10. The van der Waals surface area contributed by atoms with E-state index in [4.69, 9.17) is 21.1 Å². The molecule has 0 fully saturated rings. The summed E-state index contributed by atoms with van der Waals surface area (Å²) in [4.78, 5) is 0.291. The van der Waals surface area contributed by atoms with Gasteiger partial charge in [-0.3, -0.25) is 0 Å². The van der Waals surface area contributed by atoms with Gasteiger partial charge in [0.15, 0.2) is 21.3 Å². The molecule has 1 heterocycles. The Kier molecular flexibility index (Phi) is 3.55. The zero-order valence-corrected chi connectivity index (χ0v) is 12.9. The fraction of sp³-hybridized carbons (Fsp3) is 0.200. The summed E-state index contributed by atoms with van der Waals surface area (Å²) in [5.41, 5.74) is 2.71. The first kappa shape index (κ1) is 14.2. The predicted octanol–water partition coefficient (Wildman–Crippen LogP) is 3.22. The molecule has 0 N–H and O–H groups in total. The third-order valence-corrected chi connectivity index (χ3v) is 4.75. The third-order valence-electron chi connectivity index (χ3n) is 3.34. The van der Waals surface area contributed by atoms with Gasteiger partial charge in [-0.1, -0.05) is 12.1 Å². The number of ether oxygens (including phenoxy) is 2. The van der Waals surface area contributed by atoms with Crippen molar-refractivity contribution in [1.82, 2.24) is 0 Å². The first-order valence-corrected chi connectivity index (χ1v) is 8.70. The van der Waals surface area contributed by atoms with Crippen LogP contribution in [0.15, 0.2) is 41.3 Å². The molecule has 6 heteroatoms. The van der Waals surface area contributed by atoms with Crippen molar-refractivity contribution in [1.29, 1.82) is 0 Å². The van der Waals surface area contributed by atoms with Gasteiger partial charge in [-0.15, -0.1) is 11.6 Å². The van der Waals surface area contributed by atoms with Crippen molar-refractivity contribution in [2.45, 2.75) is 10.8 Å². The summed E-state index contributed by atoms with van der Waals surface area (Å²) >= 11 is 6.00. The van der Waals surface area contributed by atoms with Crippen molar-refractivity contribution in [2.24, 2.45) is 0 Å². The lowest BCUT2D eigenvalue weighted by molar-refractivity contribution is 0.174. The maximum absolute atomic E-state index is 11.5. The number of hydrogen-bond donors (Lipinski definition) is 0. The van der Waals surface area contributed by atoms with E-state index < -0.39 is 9.84 Å². The molecule has 0 unspecified atom stereocenters. The summed E-state index contributed by atoms with van der Waals surface area (Å²) in [6, 6.07) is 10.4. The highest BCUT2D eigenvalue weighted by Gasteiger charge is 2.18. The van der Waals surface area contributed by atoms with Gasteiger partial charge in [0.05, 0.1) is 4.90 Å². The molecule has 0 saturated heterocycles. The summed E-state index contributed by atoms with van der Waals surface area (Å²) in [6.45, 7) is 0.202. The van der Waals surface area contributed by atoms with Crippen LogP contribution in [0.5, 0.6) is 11.5 Å². The number of benzene rings is 2. The normalized spacial score (nSPS) is 13.4. The van der Waals surface area contributed by atoms with Gasteiger partial charge in [0, 0.05) is 12.1 Å². The molecule has 0 spiro atoms. The SMILES string of the molecule is CS(=O)(=O)c1ccc(-c2cc3c(cc2CCl)OCO3)cc1. The van der Waals surface area contributed by atoms with Crippen LogP contribution in [0.4, 0.5) is 0 Å². The number of halogens is 1. The molecule has 21 heavy (non-hydrogen) atoms. The molecule has 0 atom stereocenters. The molecule has 0 radical (unpaired) electrons. The summed E-state index contributed by atoms with van der Waals surface area (Å²) in [7, 11) is -3.20. The highest BCUT2D eigenvalue weighted by molar-refractivity contribution is 7.90. The number of rotatable bonds is 3. The molecule has 3 rings (SSSR count). The molecule has 0 aromatic heterocycles. The molecule has 110 valence electrons. The average Bonchev–Trinajstić information content (AvgIpc) is 2.92. The lowest BCUT2D eigenvalue weighted by atomic mass is 10.00.